The van der Waals surface area contributed by atoms with E-state index in [2.05, 4.69) is 20.0 Å². The van der Waals surface area contributed by atoms with E-state index < -0.39 is 10.2 Å². The van der Waals surface area contributed by atoms with Crippen LogP contribution in [0, 0.1) is 6.92 Å². The van der Waals surface area contributed by atoms with Crippen LogP contribution in [-0.4, -0.2) is 42.7 Å². The van der Waals surface area contributed by atoms with Crippen LogP contribution in [0.25, 0.3) is 22.4 Å². The summed E-state index contributed by atoms with van der Waals surface area (Å²) in [6.45, 7) is 1.95. The molecule has 0 saturated carbocycles. The number of aromatic amines is 1. The van der Waals surface area contributed by atoms with Gasteiger partial charge < -0.3 is 14.7 Å². The van der Waals surface area contributed by atoms with Crippen LogP contribution in [0.3, 0.4) is 0 Å². The Bertz CT molecular complexity index is 1410. The fraction of sp³-hybridized carbons (Fsp3) is 0.217. The molecule has 4 rings (SSSR count). The van der Waals surface area contributed by atoms with E-state index in [-0.39, 0.29) is 24.8 Å². The van der Waals surface area contributed by atoms with Crippen molar-refractivity contribution in [3.05, 3.63) is 71.7 Å². The first-order valence-corrected chi connectivity index (χ1v) is 11.8. The molecule has 0 radical (unpaired) electrons. The molecule has 4 aromatic rings. The van der Waals surface area contributed by atoms with E-state index in [1.54, 1.807) is 31.2 Å². The lowest BCUT2D eigenvalue weighted by Crippen LogP contribution is -2.29. The predicted octanol–water partition coefficient (Wildman–Crippen LogP) is 3.21. The quantitative estimate of drug-likeness (QED) is 0.368. The maximum atomic E-state index is 12.5. The van der Waals surface area contributed by atoms with Gasteiger partial charge in [0, 0.05) is 31.2 Å². The lowest BCUT2D eigenvalue weighted by Gasteiger charge is -2.15. The number of amides is 1. The molecule has 9 nitrogen and oxygen atoms in total. The number of anilines is 1. The van der Waals surface area contributed by atoms with Gasteiger partial charge in [0.15, 0.2) is 0 Å². The molecule has 2 heterocycles. The van der Waals surface area contributed by atoms with E-state index in [0.29, 0.717) is 22.7 Å². The highest BCUT2D eigenvalue weighted by molar-refractivity contribution is 7.90. The topological polar surface area (TPSA) is 120 Å². The molecular formula is C23H25N5O4S. The summed E-state index contributed by atoms with van der Waals surface area (Å²) >= 11 is 0. The molecule has 0 bridgehead atoms. The van der Waals surface area contributed by atoms with Gasteiger partial charge in [0.05, 0.1) is 24.2 Å². The lowest BCUT2D eigenvalue weighted by atomic mass is 10.1. The summed E-state index contributed by atoms with van der Waals surface area (Å²) in [4.78, 5) is 20.2. The van der Waals surface area contributed by atoms with Gasteiger partial charge in [-0.3, -0.25) is 9.52 Å². The van der Waals surface area contributed by atoms with E-state index in [1.807, 2.05) is 30.5 Å². The monoisotopic (exact) mass is 467 g/mol. The Morgan fingerprint density at radius 3 is 2.64 bits per heavy atom. The van der Waals surface area contributed by atoms with Crippen LogP contribution in [0.15, 0.2) is 59.1 Å². The van der Waals surface area contributed by atoms with Crippen LogP contribution in [0.2, 0.25) is 0 Å². The van der Waals surface area contributed by atoms with Crippen LogP contribution < -0.4 is 10.0 Å². The smallest absolute Gasteiger partial charge is 0.301 e. The van der Waals surface area contributed by atoms with E-state index >= 15 is 0 Å². The van der Waals surface area contributed by atoms with Crippen molar-refractivity contribution in [2.45, 2.75) is 19.9 Å². The van der Waals surface area contributed by atoms with E-state index in [0.717, 1.165) is 20.8 Å². The molecule has 0 unspecified atom stereocenters. The number of hydrogen-bond donors (Lipinski definition) is 3. The largest absolute Gasteiger partial charge is 0.441 e. The summed E-state index contributed by atoms with van der Waals surface area (Å²) < 4.78 is 33.9. The molecule has 0 aliphatic heterocycles. The molecule has 10 heteroatoms. The second kappa shape index (κ2) is 9.08. The SMILES string of the molecule is Cc1oc(-c2ccccc2NS(=O)(=O)N(C)C)nc1CNC(=O)Cc1c[nH]c2ccccc12. The van der Waals surface area contributed by atoms with Crippen molar-refractivity contribution < 1.29 is 17.6 Å². The average molecular weight is 468 g/mol. The van der Waals surface area contributed by atoms with Crippen LogP contribution in [-0.2, 0) is 28.0 Å². The minimum atomic E-state index is -3.69. The first-order valence-electron chi connectivity index (χ1n) is 10.3. The summed E-state index contributed by atoms with van der Waals surface area (Å²) in [6.07, 6.45) is 2.08. The maximum absolute atomic E-state index is 12.5. The predicted molar refractivity (Wildman–Crippen MR) is 127 cm³/mol. The van der Waals surface area contributed by atoms with Crippen molar-refractivity contribution in [3.63, 3.8) is 0 Å². The van der Waals surface area contributed by atoms with Crippen molar-refractivity contribution >= 4 is 32.7 Å². The van der Waals surface area contributed by atoms with Crippen LogP contribution in [0.5, 0.6) is 0 Å². The fourth-order valence-corrected chi connectivity index (χ4v) is 4.03. The molecule has 172 valence electrons. The average Bonchev–Trinajstić information content (AvgIpc) is 3.35. The zero-order chi connectivity index (χ0) is 23.6. The first-order chi connectivity index (χ1) is 15.7. The van der Waals surface area contributed by atoms with Crippen molar-refractivity contribution in [3.8, 4) is 11.5 Å². The molecule has 0 aliphatic carbocycles. The number of nitrogens with one attached hydrogen (secondary N) is 3. The normalized spacial score (nSPS) is 11.8. The summed E-state index contributed by atoms with van der Waals surface area (Å²) in [5.74, 6) is 0.677. The van der Waals surface area contributed by atoms with Gasteiger partial charge in [-0.25, -0.2) is 4.98 Å². The third-order valence-electron chi connectivity index (χ3n) is 5.25. The molecule has 0 atom stereocenters. The zero-order valence-electron chi connectivity index (χ0n) is 18.5. The minimum Gasteiger partial charge on any atom is -0.441 e. The van der Waals surface area contributed by atoms with Crippen molar-refractivity contribution in [2.24, 2.45) is 0 Å². The third-order valence-corrected chi connectivity index (χ3v) is 6.69. The Kier molecular flexibility index (Phi) is 6.21. The molecule has 33 heavy (non-hydrogen) atoms. The number of rotatable bonds is 8. The number of para-hydroxylation sites is 2. The molecule has 3 N–H and O–H groups in total. The van der Waals surface area contributed by atoms with Crippen molar-refractivity contribution in [1.82, 2.24) is 19.6 Å². The molecule has 2 aromatic heterocycles. The van der Waals surface area contributed by atoms with Gasteiger partial charge in [0.1, 0.15) is 11.5 Å². The highest BCUT2D eigenvalue weighted by Crippen LogP contribution is 2.29. The number of benzene rings is 2. The second-order valence-electron chi connectivity index (χ2n) is 7.77. The van der Waals surface area contributed by atoms with Gasteiger partial charge >= 0.3 is 10.2 Å². The van der Waals surface area contributed by atoms with Crippen molar-refractivity contribution in [2.75, 3.05) is 18.8 Å². The molecule has 1 amide bonds. The number of carbonyl (C=O) groups is 1. The van der Waals surface area contributed by atoms with E-state index in [1.165, 1.54) is 14.1 Å². The van der Waals surface area contributed by atoms with Gasteiger partial charge in [-0.15, -0.1) is 0 Å². The van der Waals surface area contributed by atoms with Gasteiger partial charge in [0.2, 0.25) is 11.8 Å². The zero-order valence-corrected chi connectivity index (χ0v) is 19.4. The standard InChI is InChI=1S/C23H25N5O4S/c1-15-21(14-25-22(29)12-16-13-24-19-10-6-4-8-17(16)19)26-23(32-15)18-9-5-7-11-20(18)27-33(30,31)28(2)3/h4-11,13,24,27H,12,14H2,1-3H3,(H,25,29). The highest BCUT2D eigenvalue weighted by Gasteiger charge is 2.19. The number of hydrogen-bond acceptors (Lipinski definition) is 5. The van der Waals surface area contributed by atoms with Crippen LogP contribution in [0.4, 0.5) is 5.69 Å². The second-order valence-corrected chi connectivity index (χ2v) is 9.65. The summed E-state index contributed by atoms with van der Waals surface area (Å²) in [7, 11) is -0.809. The highest BCUT2D eigenvalue weighted by atomic mass is 32.2. The van der Waals surface area contributed by atoms with Gasteiger partial charge in [-0.1, -0.05) is 30.3 Å². The first kappa shape index (κ1) is 22.6. The van der Waals surface area contributed by atoms with E-state index in [4.69, 9.17) is 4.42 Å². The minimum absolute atomic E-state index is 0.136. The molecule has 2 aromatic carbocycles. The van der Waals surface area contributed by atoms with E-state index in [9.17, 15) is 13.2 Å². The Balaban J connectivity index is 1.48. The Labute approximate surface area is 192 Å². The molecule has 0 saturated heterocycles. The maximum Gasteiger partial charge on any atom is 0.301 e. The number of fused-ring (bicyclic) bond motifs is 1. The van der Waals surface area contributed by atoms with Crippen LogP contribution in [0.1, 0.15) is 17.0 Å². The number of nitrogens with zero attached hydrogens (tertiary/aromatic N) is 2. The third kappa shape index (κ3) is 4.91. The number of H-pyrrole nitrogens is 1. The van der Waals surface area contributed by atoms with Crippen molar-refractivity contribution in [1.29, 1.82) is 0 Å². The molecule has 0 spiro atoms. The molecule has 0 aliphatic rings. The summed E-state index contributed by atoms with van der Waals surface area (Å²) in [5, 5.41) is 3.90. The Morgan fingerprint density at radius 1 is 1.12 bits per heavy atom. The number of aromatic nitrogens is 2. The van der Waals surface area contributed by atoms with Crippen LogP contribution >= 0.6 is 0 Å². The fourth-order valence-electron chi connectivity index (χ4n) is 3.39. The Morgan fingerprint density at radius 2 is 1.85 bits per heavy atom. The number of aryl methyl sites for hydroxylation is 1. The Hall–Kier alpha value is -3.63. The lowest BCUT2D eigenvalue weighted by molar-refractivity contribution is -0.120. The molecule has 0 fully saturated rings. The number of oxazole rings is 1. The molecular weight excluding hydrogens is 442 g/mol. The van der Waals surface area contributed by atoms with Gasteiger partial charge in [-0.2, -0.15) is 12.7 Å². The number of carbonyl (C=O) groups excluding carboxylic acids is 1. The van der Waals surface area contributed by atoms with Gasteiger partial charge in [0.25, 0.3) is 0 Å². The summed E-state index contributed by atoms with van der Waals surface area (Å²) in [6, 6.07) is 14.7. The summed E-state index contributed by atoms with van der Waals surface area (Å²) in [5.41, 5.74) is 3.33. The van der Waals surface area contributed by atoms with Gasteiger partial charge in [-0.05, 0) is 30.7 Å².